The Kier molecular flexibility index (Phi) is 6.91. The first-order valence-corrected chi connectivity index (χ1v) is 9.24. The van der Waals surface area contributed by atoms with Crippen LogP contribution in [0, 0.1) is 12.8 Å². The van der Waals surface area contributed by atoms with Crippen molar-refractivity contribution < 1.29 is 4.74 Å². The number of ether oxygens (including phenoxy) is 1. The van der Waals surface area contributed by atoms with Crippen LogP contribution >= 0.6 is 0 Å². The second-order valence-corrected chi connectivity index (χ2v) is 7.25. The fourth-order valence-electron chi connectivity index (χ4n) is 3.98. The molecule has 0 bridgehead atoms. The van der Waals surface area contributed by atoms with Gasteiger partial charge in [-0.15, -0.1) is 0 Å². The monoisotopic (exact) mass is 318 g/mol. The number of aryl methyl sites for hydroxylation is 1. The van der Waals surface area contributed by atoms with Crippen LogP contribution in [0.15, 0.2) is 18.2 Å². The van der Waals surface area contributed by atoms with Crippen LogP contribution in [0.25, 0.3) is 0 Å². The van der Waals surface area contributed by atoms with E-state index in [1.807, 2.05) is 6.92 Å². The summed E-state index contributed by atoms with van der Waals surface area (Å²) in [6.45, 7) is 12.7. The Labute approximate surface area is 142 Å². The zero-order valence-corrected chi connectivity index (χ0v) is 15.3. The number of likely N-dealkylation sites (tertiary alicyclic amines) is 1. The minimum absolute atomic E-state index is 0.421. The van der Waals surface area contributed by atoms with Gasteiger partial charge in [-0.3, -0.25) is 4.90 Å². The van der Waals surface area contributed by atoms with E-state index in [2.05, 4.69) is 43.9 Å². The molecule has 0 radical (unpaired) electrons. The lowest BCUT2D eigenvalue weighted by Gasteiger charge is -2.41. The van der Waals surface area contributed by atoms with Crippen LogP contribution < -0.4 is 10.5 Å². The molecule has 1 saturated heterocycles. The highest BCUT2D eigenvalue weighted by Crippen LogP contribution is 2.33. The molecule has 1 heterocycles. The summed E-state index contributed by atoms with van der Waals surface area (Å²) in [5.41, 5.74) is 8.94. The molecule has 0 aromatic heterocycles. The second-order valence-electron chi connectivity index (χ2n) is 7.25. The van der Waals surface area contributed by atoms with Crippen molar-refractivity contribution in [2.24, 2.45) is 11.7 Å². The van der Waals surface area contributed by atoms with E-state index >= 15 is 0 Å². The summed E-state index contributed by atoms with van der Waals surface area (Å²) in [5.74, 6) is 2.09. The molecule has 0 amide bonds. The van der Waals surface area contributed by atoms with Gasteiger partial charge in [0.1, 0.15) is 5.75 Å². The van der Waals surface area contributed by atoms with Gasteiger partial charge >= 0.3 is 0 Å². The molecule has 1 aliphatic heterocycles. The summed E-state index contributed by atoms with van der Waals surface area (Å²) >= 11 is 0. The maximum atomic E-state index is 6.24. The first-order valence-electron chi connectivity index (χ1n) is 9.24. The molecule has 0 aliphatic carbocycles. The predicted molar refractivity (Wildman–Crippen MR) is 98.2 cm³/mol. The smallest absolute Gasteiger partial charge is 0.119 e. The van der Waals surface area contributed by atoms with Crippen molar-refractivity contribution in [1.82, 2.24) is 4.90 Å². The number of nitrogens with zero attached hydrogens (tertiary/aromatic N) is 1. The molecule has 1 fully saturated rings. The first kappa shape index (κ1) is 18.3. The van der Waals surface area contributed by atoms with Crippen LogP contribution in [0.1, 0.15) is 57.1 Å². The van der Waals surface area contributed by atoms with E-state index < -0.39 is 0 Å². The van der Waals surface area contributed by atoms with Crippen LogP contribution in [0.3, 0.4) is 0 Å². The number of hydrogen-bond acceptors (Lipinski definition) is 3. The molecule has 1 aromatic rings. The SMILES string of the molecule is CCOc1ccc(C(CN)C2CCCCN2CC(C)C)c(C)c1. The fourth-order valence-corrected chi connectivity index (χ4v) is 3.98. The van der Waals surface area contributed by atoms with Gasteiger partial charge in [-0.2, -0.15) is 0 Å². The molecule has 2 rings (SSSR count). The number of benzene rings is 1. The topological polar surface area (TPSA) is 38.5 Å². The Morgan fingerprint density at radius 3 is 2.70 bits per heavy atom. The first-order chi connectivity index (χ1) is 11.1. The van der Waals surface area contributed by atoms with Crippen LogP contribution in [-0.2, 0) is 0 Å². The van der Waals surface area contributed by atoms with Crippen LogP contribution in [0.4, 0.5) is 0 Å². The minimum atomic E-state index is 0.421. The molecule has 3 nitrogen and oxygen atoms in total. The average Bonchev–Trinajstić information content (AvgIpc) is 2.51. The Morgan fingerprint density at radius 1 is 1.30 bits per heavy atom. The lowest BCUT2D eigenvalue weighted by Crippen LogP contribution is -2.46. The Morgan fingerprint density at radius 2 is 2.09 bits per heavy atom. The minimum Gasteiger partial charge on any atom is -0.494 e. The van der Waals surface area contributed by atoms with E-state index in [-0.39, 0.29) is 0 Å². The van der Waals surface area contributed by atoms with E-state index in [0.717, 1.165) is 5.75 Å². The third-order valence-corrected chi connectivity index (χ3v) is 4.93. The van der Waals surface area contributed by atoms with E-state index in [1.165, 1.54) is 43.5 Å². The largest absolute Gasteiger partial charge is 0.494 e. The number of hydrogen-bond donors (Lipinski definition) is 1. The van der Waals surface area contributed by atoms with Crippen molar-refractivity contribution in [2.75, 3.05) is 26.2 Å². The standard InChI is InChI=1S/C20H34N2O/c1-5-23-17-9-10-18(16(4)12-17)19(13-21)20-8-6-7-11-22(20)14-15(2)3/h9-10,12,15,19-20H,5-8,11,13-14,21H2,1-4H3. The van der Waals surface area contributed by atoms with E-state index in [9.17, 15) is 0 Å². The molecule has 1 aliphatic rings. The van der Waals surface area contributed by atoms with Crippen molar-refractivity contribution in [3.63, 3.8) is 0 Å². The van der Waals surface area contributed by atoms with Crippen molar-refractivity contribution in [3.8, 4) is 5.75 Å². The maximum Gasteiger partial charge on any atom is 0.119 e. The molecule has 23 heavy (non-hydrogen) atoms. The molecule has 0 spiro atoms. The summed E-state index contributed by atoms with van der Waals surface area (Å²) in [5, 5.41) is 0. The number of nitrogens with two attached hydrogens (primary N) is 1. The normalized spacial score (nSPS) is 20.7. The van der Waals surface area contributed by atoms with Gasteiger partial charge in [0.25, 0.3) is 0 Å². The van der Waals surface area contributed by atoms with E-state index in [0.29, 0.717) is 31.0 Å². The van der Waals surface area contributed by atoms with Crippen molar-refractivity contribution in [2.45, 2.75) is 58.9 Å². The molecule has 2 atom stereocenters. The molecule has 130 valence electrons. The van der Waals surface area contributed by atoms with Crippen molar-refractivity contribution in [3.05, 3.63) is 29.3 Å². The Hall–Kier alpha value is -1.06. The average molecular weight is 319 g/mol. The molecular formula is C20H34N2O. The molecule has 2 unspecified atom stereocenters. The number of piperidine rings is 1. The van der Waals surface area contributed by atoms with E-state index in [1.54, 1.807) is 0 Å². The molecule has 1 aromatic carbocycles. The second kappa shape index (κ2) is 8.70. The molecule has 2 N–H and O–H groups in total. The summed E-state index contributed by atoms with van der Waals surface area (Å²) in [7, 11) is 0. The Balaban J connectivity index is 2.23. The lowest BCUT2D eigenvalue weighted by molar-refractivity contribution is 0.112. The zero-order chi connectivity index (χ0) is 16.8. The fraction of sp³-hybridized carbons (Fsp3) is 0.700. The van der Waals surface area contributed by atoms with Gasteiger partial charge in [-0.25, -0.2) is 0 Å². The summed E-state index contributed by atoms with van der Waals surface area (Å²) in [6.07, 6.45) is 3.91. The maximum absolute atomic E-state index is 6.24. The van der Waals surface area contributed by atoms with Gasteiger partial charge in [0.15, 0.2) is 0 Å². The van der Waals surface area contributed by atoms with Gasteiger partial charge in [0.2, 0.25) is 0 Å². The predicted octanol–water partition coefficient (Wildman–Crippen LogP) is 3.95. The lowest BCUT2D eigenvalue weighted by atomic mass is 9.83. The number of rotatable bonds is 7. The van der Waals surface area contributed by atoms with Crippen LogP contribution in [0.5, 0.6) is 5.75 Å². The van der Waals surface area contributed by atoms with Gasteiger partial charge in [-0.1, -0.05) is 26.3 Å². The summed E-state index contributed by atoms with van der Waals surface area (Å²) in [6, 6.07) is 7.08. The van der Waals surface area contributed by atoms with Crippen molar-refractivity contribution in [1.29, 1.82) is 0 Å². The van der Waals surface area contributed by atoms with Gasteiger partial charge < -0.3 is 10.5 Å². The molecule has 3 heteroatoms. The van der Waals surface area contributed by atoms with Gasteiger partial charge in [-0.05, 0) is 62.4 Å². The van der Waals surface area contributed by atoms with Crippen LogP contribution in [0.2, 0.25) is 0 Å². The van der Waals surface area contributed by atoms with Crippen molar-refractivity contribution >= 4 is 0 Å². The highest BCUT2D eigenvalue weighted by atomic mass is 16.5. The van der Waals surface area contributed by atoms with Crippen LogP contribution in [-0.4, -0.2) is 37.2 Å². The highest BCUT2D eigenvalue weighted by molar-refractivity contribution is 5.38. The third-order valence-electron chi connectivity index (χ3n) is 4.93. The quantitative estimate of drug-likeness (QED) is 0.827. The summed E-state index contributed by atoms with van der Waals surface area (Å²) in [4.78, 5) is 2.68. The zero-order valence-electron chi connectivity index (χ0n) is 15.3. The third kappa shape index (κ3) is 4.71. The summed E-state index contributed by atoms with van der Waals surface area (Å²) < 4.78 is 5.63. The van der Waals surface area contributed by atoms with Gasteiger partial charge in [0.05, 0.1) is 6.61 Å². The van der Waals surface area contributed by atoms with E-state index in [4.69, 9.17) is 10.5 Å². The molecule has 0 saturated carbocycles. The Bertz CT molecular complexity index is 487. The highest BCUT2D eigenvalue weighted by Gasteiger charge is 2.31. The molecular weight excluding hydrogens is 284 g/mol. The van der Waals surface area contributed by atoms with Gasteiger partial charge in [0, 0.05) is 25.0 Å².